The van der Waals surface area contributed by atoms with Crippen molar-refractivity contribution in [2.45, 2.75) is 26.3 Å². The number of nitrogens with two attached hydrogens (primary N) is 1. The molecule has 0 aromatic heterocycles. The Labute approximate surface area is 119 Å². The number of primary sulfonamides is 1. The Kier molecular flexibility index (Phi) is 5.97. The maximum atomic E-state index is 12.0. The van der Waals surface area contributed by atoms with Gasteiger partial charge in [0.2, 0.25) is 10.0 Å². The average Bonchev–Trinajstić information content (AvgIpc) is 2.33. The maximum absolute atomic E-state index is 12.0. The Morgan fingerprint density at radius 1 is 1.30 bits per heavy atom. The molecule has 0 aliphatic rings. The van der Waals surface area contributed by atoms with E-state index in [4.69, 9.17) is 5.14 Å². The molecule has 0 aliphatic heterocycles. The fourth-order valence-corrected chi connectivity index (χ4v) is 2.24. The minimum absolute atomic E-state index is 0.140. The van der Waals surface area contributed by atoms with Crippen LogP contribution in [0.25, 0.3) is 0 Å². The Morgan fingerprint density at radius 3 is 2.55 bits per heavy atom. The fraction of sp³-hybridized carbons (Fsp3) is 0.462. The van der Waals surface area contributed by atoms with Gasteiger partial charge in [0, 0.05) is 18.3 Å². The van der Waals surface area contributed by atoms with Crippen molar-refractivity contribution in [1.82, 2.24) is 5.32 Å². The number of anilines is 1. The molecule has 0 spiro atoms. The lowest BCUT2D eigenvalue weighted by atomic mass is 10.1. The summed E-state index contributed by atoms with van der Waals surface area (Å²) in [6, 6.07) is 7.40. The number of hydrogen-bond acceptors (Lipinski definition) is 4. The van der Waals surface area contributed by atoms with Crippen LogP contribution in [0.2, 0.25) is 0 Å². The van der Waals surface area contributed by atoms with Gasteiger partial charge in [0.15, 0.2) is 0 Å². The first-order valence-electron chi connectivity index (χ1n) is 6.44. The third-order valence-corrected chi connectivity index (χ3v) is 3.36. The van der Waals surface area contributed by atoms with Crippen LogP contribution in [0.4, 0.5) is 5.69 Å². The highest BCUT2D eigenvalue weighted by atomic mass is 32.2. The van der Waals surface area contributed by atoms with E-state index in [1.54, 1.807) is 12.1 Å². The van der Waals surface area contributed by atoms with Gasteiger partial charge in [0.05, 0.1) is 11.3 Å². The molecule has 0 heterocycles. The van der Waals surface area contributed by atoms with E-state index < -0.39 is 10.0 Å². The van der Waals surface area contributed by atoms with Gasteiger partial charge in [-0.05, 0) is 32.4 Å². The summed E-state index contributed by atoms with van der Waals surface area (Å²) in [6.07, 6.45) is 0.296. The first kappa shape index (κ1) is 16.5. The lowest BCUT2D eigenvalue weighted by Gasteiger charge is -2.14. The lowest BCUT2D eigenvalue weighted by Crippen LogP contribution is -2.28. The average molecular weight is 299 g/mol. The minimum atomic E-state index is -3.47. The molecule has 1 aromatic rings. The summed E-state index contributed by atoms with van der Waals surface area (Å²) in [7, 11) is -3.47. The van der Waals surface area contributed by atoms with Crippen LogP contribution in [0.3, 0.4) is 0 Å². The summed E-state index contributed by atoms with van der Waals surface area (Å²) in [5.41, 5.74) is 1.29. The summed E-state index contributed by atoms with van der Waals surface area (Å²) in [5, 5.41) is 10.8. The number of para-hydroxylation sites is 1. The van der Waals surface area contributed by atoms with Gasteiger partial charge >= 0.3 is 0 Å². The molecule has 112 valence electrons. The first-order valence-corrected chi connectivity index (χ1v) is 8.15. The number of hydrogen-bond donors (Lipinski definition) is 3. The second kappa shape index (κ2) is 7.25. The van der Waals surface area contributed by atoms with Crippen molar-refractivity contribution in [2.24, 2.45) is 5.14 Å². The van der Waals surface area contributed by atoms with Crippen molar-refractivity contribution in [3.8, 4) is 0 Å². The predicted molar refractivity (Wildman–Crippen MR) is 80.1 cm³/mol. The summed E-state index contributed by atoms with van der Waals surface area (Å²) in [4.78, 5) is 12.0. The first-order chi connectivity index (χ1) is 9.29. The van der Waals surface area contributed by atoms with Gasteiger partial charge < -0.3 is 10.6 Å². The molecule has 0 fully saturated rings. The molecule has 0 aliphatic carbocycles. The van der Waals surface area contributed by atoms with Crippen LogP contribution in [0, 0.1) is 0 Å². The van der Waals surface area contributed by atoms with Crippen molar-refractivity contribution in [1.29, 1.82) is 0 Å². The molecule has 7 heteroatoms. The second-order valence-corrected chi connectivity index (χ2v) is 6.56. The highest BCUT2D eigenvalue weighted by Gasteiger charge is 2.11. The van der Waals surface area contributed by atoms with Crippen molar-refractivity contribution < 1.29 is 13.2 Å². The van der Waals surface area contributed by atoms with E-state index in [0.717, 1.165) is 5.69 Å². The van der Waals surface area contributed by atoms with Gasteiger partial charge in [0.1, 0.15) is 0 Å². The Morgan fingerprint density at radius 2 is 1.95 bits per heavy atom. The molecule has 0 saturated carbocycles. The van der Waals surface area contributed by atoms with Crippen LogP contribution in [-0.4, -0.2) is 32.7 Å². The molecular formula is C13H21N3O3S. The molecule has 4 N–H and O–H groups in total. The minimum Gasteiger partial charge on any atom is -0.382 e. The monoisotopic (exact) mass is 299 g/mol. The lowest BCUT2D eigenvalue weighted by molar-refractivity contribution is 0.0954. The maximum Gasteiger partial charge on any atom is 0.253 e. The fourth-order valence-electron chi connectivity index (χ4n) is 1.69. The Balaban J connectivity index is 2.59. The molecule has 1 amide bonds. The van der Waals surface area contributed by atoms with Crippen LogP contribution in [0.15, 0.2) is 24.3 Å². The predicted octanol–water partition coefficient (Wildman–Crippen LogP) is 0.915. The molecule has 20 heavy (non-hydrogen) atoms. The topological polar surface area (TPSA) is 101 Å². The third kappa shape index (κ3) is 6.03. The zero-order valence-corrected chi connectivity index (χ0v) is 12.5. The Hall–Kier alpha value is -1.60. The van der Waals surface area contributed by atoms with Gasteiger partial charge in [-0.1, -0.05) is 12.1 Å². The van der Waals surface area contributed by atoms with E-state index in [0.29, 0.717) is 12.0 Å². The highest BCUT2D eigenvalue weighted by Crippen LogP contribution is 2.15. The summed E-state index contributed by atoms with van der Waals surface area (Å²) >= 11 is 0. The van der Waals surface area contributed by atoms with Crippen molar-refractivity contribution in [3.63, 3.8) is 0 Å². The van der Waals surface area contributed by atoms with Crippen LogP contribution >= 0.6 is 0 Å². The van der Waals surface area contributed by atoms with Crippen molar-refractivity contribution >= 4 is 21.6 Å². The van der Waals surface area contributed by atoms with Gasteiger partial charge in [0.25, 0.3) is 5.91 Å². The SMILES string of the molecule is CC(C)Nc1ccccc1C(=O)NCCCS(N)(=O)=O. The van der Waals surface area contributed by atoms with E-state index in [-0.39, 0.29) is 24.2 Å². The van der Waals surface area contributed by atoms with E-state index in [2.05, 4.69) is 10.6 Å². The second-order valence-electron chi connectivity index (χ2n) is 4.82. The van der Waals surface area contributed by atoms with Crippen LogP contribution in [-0.2, 0) is 10.0 Å². The van der Waals surface area contributed by atoms with Crippen molar-refractivity contribution in [2.75, 3.05) is 17.6 Å². The third-order valence-electron chi connectivity index (χ3n) is 2.51. The number of carbonyl (C=O) groups excluding carboxylic acids is 1. The number of carbonyl (C=O) groups is 1. The molecule has 0 unspecified atom stereocenters. The number of nitrogens with one attached hydrogen (secondary N) is 2. The summed E-state index contributed by atoms with van der Waals surface area (Å²) in [5.74, 6) is -0.373. The number of rotatable bonds is 7. The zero-order chi connectivity index (χ0) is 15.2. The summed E-state index contributed by atoms with van der Waals surface area (Å²) in [6.45, 7) is 4.24. The normalized spacial score (nSPS) is 11.4. The van der Waals surface area contributed by atoms with Crippen LogP contribution in [0.1, 0.15) is 30.6 Å². The van der Waals surface area contributed by atoms with Gasteiger partial charge in [-0.15, -0.1) is 0 Å². The summed E-state index contributed by atoms with van der Waals surface area (Å²) < 4.78 is 21.6. The van der Waals surface area contributed by atoms with Gasteiger partial charge in [-0.3, -0.25) is 4.79 Å². The molecule has 0 radical (unpaired) electrons. The van der Waals surface area contributed by atoms with E-state index >= 15 is 0 Å². The zero-order valence-electron chi connectivity index (χ0n) is 11.7. The van der Waals surface area contributed by atoms with E-state index in [9.17, 15) is 13.2 Å². The quantitative estimate of drug-likeness (QED) is 0.651. The molecule has 0 saturated heterocycles. The van der Waals surface area contributed by atoms with E-state index in [1.165, 1.54) is 0 Å². The largest absolute Gasteiger partial charge is 0.382 e. The smallest absolute Gasteiger partial charge is 0.253 e. The molecule has 1 rings (SSSR count). The van der Waals surface area contributed by atoms with Crippen LogP contribution in [0.5, 0.6) is 0 Å². The molecule has 6 nitrogen and oxygen atoms in total. The number of benzene rings is 1. The highest BCUT2D eigenvalue weighted by molar-refractivity contribution is 7.89. The molecule has 1 aromatic carbocycles. The number of amides is 1. The Bertz CT molecular complexity index is 556. The standard InChI is InChI=1S/C13H21N3O3S/c1-10(2)16-12-7-4-3-6-11(12)13(17)15-8-5-9-20(14,18)19/h3-4,6-7,10,16H,5,8-9H2,1-2H3,(H,15,17)(H2,14,18,19). The van der Waals surface area contributed by atoms with Gasteiger partial charge in [-0.2, -0.15) is 0 Å². The van der Waals surface area contributed by atoms with Crippen LogP contribution < -0.4 is 15.8 Å². The molecular weight excluding hydrogens is 278 g/mol. The molecule has 0 bridgehead atoms. The van der Waals surface area contributed by atoms with E-state index in [1.807, 2.05) is 26.0 Å². The number of sulfonamides is 1. The molecule has 0 atom stereocenters. The van der Waals surface area contributed by atoms with Crippen molar-refractivity contribution in [3.05, 3.63) is 29.8 Å². The van der Waals surface area contributed by atoms with Gasteiger partial charge in [-0.25, -0.2) is 13.6 Å².